The second-order valence-electron chi connectivity index (χ2n) is 5.57. The van der Waals surface area contributed by atoms with Gasteiger partial charge in [0.1, 0.15) is 5.75 Å². The third-order valence-electron chi connectivity index (χ3n) is 4.00. The lowest BCUT2D eigenvalue weighted by atomic mass is 10.0. The van der Waals surface area contributed by atoms with Crippen molar-refractivity contribution in [2.24, 2.45) is 0 Å². The summed E-state index contributed by atoms with van der Waals surface area (Å²) in [5.41, 5.74) is 1.05. The summed E-state index contributed by atoms with van der Waals surface area (Å²) in [5, 5.41) is 9.26. The molecule has 1 fully saturated rings. The fourth-order valence-corrected chi connectivity index (χ4v) is 3.01. The maximum absolute atomic E-state index is 11.3. The molecule has 21 heavy (non-hydrogen) atoms. The minimum atomic E-state index is -0.744. The molecule has 1 N–H and O–H groups in total. The largest absolute Gasteiger partial charge is 0.494 e. The predicted molar refractivity (Wildman–Crippen MR) is 82.6 cm³/mol. The van der Waals surface area contributed by atoms with Crippen molar-refractivity contribution in [1.82, 2.24) is 4.90 Å². The highest BCUT2D eigenvalue weighted by Crippen LogP contribution is 2.29. The van der Waals surface area contributed by atoms with E-state index >= 15 is 0 Å². The topological polar surface area (TPSA) is 49.8 Å². The van der Waals surface area contributed by atoms with E-state index in [1.807, 2.05) is 31.2 Å². The number of ether oxygens (including phenoxy) is 1. The zero-order chi connectivity index (χ0) is 15.1. The summed E-state index contributed by atoms with van der Waals surface area (Å²) in [5.74, 6) is 0.0753. The van der Waals surface area contributed by atoms with Crippen LogP contribution < -0.4 is 4.74 Å². The van der Waals surface area contributed by atoms with Crippen LogP contribution in [0.15, 0.2) is 24.3 Å². The Balaban J connectivity index is 2.21. The molecule has 4 heteroatoms. The molecular weight excluding hydrogens is 266 g/mol. The van der Waals surface area contributed by atoms with Crippen LogP contribution in [-0.4, -0.2) is 35.7 Å². The van der Waals surface area contributed by atoms with Gasteiger partial charge < -0.3 is 9.84 Å². The van der Waals surface area contributed by atoms with E-state index in [1.54, 1.807) is 0 Å². The zero-order valence-corrected chi connectivity index (χ0v) is 12.8. The van der Waals surface area contributed by atoms with Crippen LogP contribution >= 0.6 is 0 Å². The van der Waals surface area contributed by atoms with Gasteiger partial charge in [0.05, 0.1) is 13.0 Å². The van der Waals surface area contributed by atoms with Gasteiger partial charge in [-0.3, -0.25) is 9.69 Å². The second kappa shape index (κ2) is 8.03. The van der Waals surface area contributed by atoms with Gasteiger partial charge in [-0.25, -0.2) is 0 Å². The average molecular weight is 291 g/mol. The molecule has 1 aliphatic rings. The van der Waals surface area contributed by atoms with Crippen molar-refractivity contribution in [3.8, 4) is 5.75 Å². The quantitative estimate of drug-likeness (QED) is 0.872. The van der Waals surface area contributed by atoms with E-state index in [9.17, 15) is 9.90 Å². The molecule has 1 saturated heterocycles. The molecule has 0 spiro atoms. The van der Waals surface area contributed by atoms with Crippen molar-refractivity contribution in [3.63, 3.8) is 0 Å². The summed E-state index contributed by atoms with van der Waals surface area (Å²) in [6.07, 6.45) is 4.95. The van der Waals surface area contributed by atoms with Crippen LogP contribution in [0.25, 0.3) is 0 Å². The van der Waals surface area contributed by atoms with Crippen molar-refractivity contribution in [3.05, 3.63) is 29.8 Å². The minimum absolute atomic E-state index is 0.0546. The number of hydrogen-bond acceptors (Lipinski definition) is 3. The molecular formula is C17H25NO3. The number of carboxylic acid groups (broad SMARTS) is 1. The molecule has 1 unspecified atom stereocenters. The molecule has 1 aromatic rings. The number of benzene rings is 1. The Morgan fingerprint density at radius 1 is 1.29 bits per heavy atom. The first-order chi connectivity index (χ1) is 10.2. The van der Waals surface area contributed by atoms with Crippen molar-refractivity contribution in [1.29, 1.82) is 0 Å². The highest BCUT2D eigenvalue weighted by atomic mass is 16.5. The lowest BCUT2D eigenvalue weighted by Gasteiger charge is -2.30. The fourth-order valence-electron chi connectivity index (χ4n) is 3.01. The Bertz CT molecular complexity index is 453. The van der Waals surface area contributed by atoms with Crippen LogP contribution in [0.3, 0.4) is 0 Å². The Hall–Kier alpha value is -1.55. The van der Waals surface area contributed by atoms with Gasteiger partial charge in [-0.2, -0.15) is 0 Å². The van der Waals surface area contributed by atoms with Crippen molar-refractivity contribution in [2.45, 2.75) is 45.1 Å². The summed E-state index contributed by atoms with van der Waals surface area (Å²) in [7, 11) is 0. The van der Waals surface area contributed by atoms with E-state index in [-0.39, 0.29) is 12.5 Å². The van der Waals surface area contributed by atoms with Gasteiger partial charge in [-0.15, -0.1) is 0 Å². The molecule has 1 aliphatic heterocycles. The molecule has 4 nitrogen and oxygen atoms in total. The molecule has 0 aliphatic carbocycles. The highest BCUT2D eigenvalue weighted by molar-refractivity contribution is 5.68. The van der Waals surface area contributed by atoms with E-state index in [2.05, 4.69) is 4.90 Å². The number of nitrogens with zero attached hydrogens (tertiary/aromatic N) is 1. The van der Waals surface area contributed by atoms with Gasteiger partial charge in [0.15, 0.2) is 0 Å². The standard InChI is InChI=1S/C17H25NO3/c1-2-21-15-9-7-8-14(12-15)16(13-17(19)20)18-10-5-3-4-6-11-18/h7-9,12,16H,2-6,10-11,13H2,1H3,(H,19,20). The normalized spacial score (nSPS) is 18.0. The average Bonchev–Trinajstić information content (AvgIpc) is 2.74. The van der Waals surface area contributed by atoms with Gasteiger partial charge in [-0.1, -0.05) is 25.0 Å². The second-order valence-corrected chi connectivity index (χ2v) is 5.57. The number of aliphatic carboxylic acids is 1. The van der Waals surface area contributed by atoms with E-state index in [0.717, 1.165) is 37.2 Å². The van der Waals surface area contributed by atoms with Gasteiger partial charge in [-0.05, 0) is 50.6 Å². The van der Waals surface area contributed by atoms with Crippen molar-refractivity contribution >= 4 is 5.97 Å². The summed E-state index contributed by atoms with van der Waals surface area (Å²) in [4.78, 5) is 13.6. The summed E-state index contributed by atoms with van der Waals surface area (Å²) >= 11 is 0. The number of carboxylic acids is 1. The van der Waals surface area contributed by atoms with Crippen LogP contribution in [0, 0.1) is 0 Å². The molecule has 1 aromatic carbocycles. The van der Waals surface area contributed by atoms with Crippen LogP contribution in [0.5, 0.6) is 5.75 Å². The third-order valence-corrected chi connectivity index (χ3v) is 4.00. The summed E-state index contributed by atoms with van der Waals surface area (Å²) < 4.78 is 5.55. The molecule has 0 aromatic heterocycles. The maximum Gasteiger partial charge on any atom is 0.305 e. The summed E-state index contributed by atoms with van der Waals surface area (Å²) in [6.45, 7) is 4.54. The summed E-state index contributed by atoms with van der Waals surface area (Å²) in [6, 6.07) is 7.82. The fraction of sp³-hybridized carbons (Fsp3) is 0.588. The number of carbonyl (C=O) groups is 1. The number of rotatable bonds is 6. The van der Waals surface area contributed by atoms with E-state index in [4.69, 9.17) is 4.74 Å². The van der Waals surface area contributed by atoms with Crippen LogP contribution in [0.4, 0.5) is 0 Å². The number of likely N-dealkylation sites (tertiary alicyclic amines) is 1. The third kappa shape index (κ3) is 4.74. The molecule has 1 heterocycles. The smallest absolute Gasteiger partial charge is 0.305 e. The Kier molecular flexibility index (Phi) is 6.05. The SMILES string of the molecule is CCOc1cccc(C(CC(=O)O)N2CCCCCC2)c1. The van der Waals surface area contributed by atoms with Crippen LogP contribution in [0.2, 0.25) is 0 Å². The van der Waals surface area contributed by atoms with Crippen LogP contribution in [-0.2, 0) is 4.79 Å². The van der Waals surface area contributed by atoms with Gasteiger partial charge >= 0.3 is 5.97 Å². The lowest BCUT2D eigenvalue weighted by Crippen LogP contribution is -2.31. The first kappa shape index (κ1) is 15.8. The molecule has 0 saturated carbocycles. The van der Waals surface area contributed by atoms with Crippen LogP contribution in [0.1, 0.15) is 50.6 Å². The molecule has 1 atom stereocenters. The van der Waals surface area contributed by atoms with E-state index in [0.29, 0.717) is 6.61 Å². The van der Waals surface area contributed by atoms with Gasteiger partial charge in [0.2, 0.25) is 0 Å². The molecule has 0 amide bonds. The Morgan fingerprint density at radius 2 is 2.00 bits per heavy atom. The zero-order valence-electron chi connectivity index (χ0n) is 12.8. The minimum Gasteiger partial charge on any atom is -0.494 e. The molecule has 116 valence electrons. The monoisotopic (exact) mass is 291 g/mol. The maximum atomic E-state index is 11.3. The number of hydrogen-bond donors (Lipinski definition) is 1. The van der Waals surface area contributed by atoms with Crippen molar-refractivity contribution in [2.75, 3.05) is 19.7 Å². The Labute approximate surface area is 126 Å². The van der Waals surface area contributed by atoms with Gasteiger partial charge in [0.25, 0.3) is 0 Å². The predicted octanol–water partition coefficient (Wildman–Crippen LogP) is 3.48. The molecule has 0 radical (unpaired) electrons. The van der Waals surface area contributed by atoms with Gasteiger partial charge in [0, 0.05) is 6.04 Å². The molecule has 0 bridgehead atoms. The van der Waals surface area contributed by atoms with Crippen molar-refractivity contribution < 1.29 is 14.6 Å². The molecule has 2 rings (SSSR count). The van der Waals surface area contributed by atoms with E-state index in [1.165, 1.54) is 12.8 Å². The first-order valence-electron chi connectivity index (χ1n) is 7.89. The highest BCUT2D eigenvalue weighted by Gasteiger charge is 2.24. The van der Waals surface area contributed by atoms with E-state index < -0.39 is 5.97 Å². The lowest BCUT2D eigenvalue weighted by molar-refractivity contribution is -0.138. The first-order valence-corrected chi connectivity index (χ1v) is 7.89. The Morgan fingerprint density at radius 3 is 2.62 bits per heavy atom.